The summed E-state index contributed by atoms with van der Waals surface area (Å²) < 4.78 is 15.8. The number of ether oxygens (including phenoxy) is 3. The summed E-state index contributed by atoms with van der Waals surface area (Å²) in [5, 5.41) is 0.231. The predicted molar refractivity (Wildman–Crippen MR) is 107 cm³/mol. The molecule has 0 spiro atoms. The zero-order valence-corrected chi connectivity index (χ0v) is 17.2. The van der Waals surface area contributed by atoms with E-state index < -0.39 is 5.97 Å². The van der Waals surface area contributed by atoms with Gasteiger partial charge in [0, 0.05) is 7.05 Å². The largest absolute Gasteiger partial charge is 0.493 e. The van der Waals surface area contributed by atoms with Crippen molar-refractivity contribution in [1.82, 2.24) is 4.90 Å². The van der Waals surface area contributed by atoms with Crippen LogP contribution in [-0.2, 0) is 9.53 Å². The Morgan fingerprint density at radius 3 is 2.46 bits per heavy atom. The lowest BCUT2D eigenvalue weighted by atomic mass is 10.1. The Bertz CT molecular complexity index is 825. The van der Waals surface area contributed by atoms with Crippen LogP contribution in [0.1, 0.15) is 35.8 Å². The van der Waals surface area contributed by atoms with Gasteiger partial charge in [-0.3, -0.25) is 4.79 Å². The van der Waals surface area contributed by atoms with E-state index in [1.165, 1.54) is 24.1 Å². The zero-order chi connectivity index (χ0) is 20.7. The van der Waals surface area contributed by atoms with Crippen LogP contribution in [0.15, 0.2) is 42.5 Å². The molecule has 0 heterocycles. The van der Waals surface area contributed by atoms with Crippen LogP contribution >= 0.6 is 11.6 Å². The maximum absolute atomic E-state index is 12.4. The molecule has 7 heteroatoms. The molecule has 0 unspecified atom stereocenters. The number of amides is 1. The van der Waals surface area contributed by atoms with Gasteiger partial charge in [-0.25, -0.2) is 4.79 Å². The van der Waals surface area contributed by atoms with Crippen molar-refractivity contribution in [3.8, 4) is 11.5 Å². The van der Waals surface area contributed by atoms with E-state index in [1.807, 2.05) is 44.2 Å². The van der Waals surface area contributed by atoms with Crippen molar-refractivity contribution >= 4 is 23.5 Å². The van der Waals surface area contributed by atoms with Crippen molar-refractivity contribution < 1.29 is 23.8 Å². The molecule has 2 aromatic carbocycles. The molecule has 0 aliphatic carbocycles. The van der Waals surface area contributed by atoms with Crippen molar-refractivity contribution in [3.63, 3.8) is 0 Å². The fourth-order valence-electron chi connectivity index (χ4n) is 2.61. The average Bonchev–Trinajstić information content (AvgIpc) is 2.72. The summed E-state index contributed by atoms with van der Waals surface area (Å²) in [6.45, 7) is 3.75. The number of likely N-dealkylation sites (N-methyl/N-ethyl adjacent to an activating group) is 1. The van der Waals surface area contributed by atoms with Crippen molar-refractivity contribution in [3.05, 3.63) is 58.6 Å². The van der Waals surface area contributed by atoms with E-state index in [9.17, 15) is 9.59 Å². The van der Waals surface area contributed by atoms with Crippen LogP contribution in [0.4, 0.5) is 0 Å². The molecule has 0 radical (unpaired) electrons. The summed E-state index contributed by atoms with van der Waals surface area (Å²) >= 11 is 6.17. The molecule has 0 bridgehead atoms. The maximum Gasteiger partial charge on any atom is 0.338 e. The van der Waals surface area contributed by atoms with Gasteiger partial charge >= 0.3 is 5.97 Å². The summed E-state index contributed by atoms with van der Waals surface area (Å²) in [6, 6.07) is 12.4. The lowest BCUT2D eigenvalue weighted by Crippen LogP contribution is -2.33. The van der Waals surface area contributed by atoms with E-state index in [4.69, 9.17) is 25.8 Å². The lowest BCUT2D eigenvalue weighted by Gasteiger charge is -2.25. The first-order chi connectivity index (χ1) is 13.4. The van der Waals surface area contributed by atoms with E-state index in [0.717, 1.165) is 5.56 Å². The fraction of sp³-hybridized carbons (Fsp3) is 0.333. The second kappa shape index (κ2) is 9.99. The number of carbonyl (C=O) groups is 2. The van der Waals surface area contributed by atoms with Crippen LogP contribution in [0.5, 0.6) is 11.5 Å². The first kappa shape index (κ1) is 21.6. The smallest absolute Gasteiger partial charge is 0.338 e. The van der Waals surface area contributed by atoms with Crippen molar-refractivity contribution in [2.45, 2.75) is 19.9 Å². The number of esters is 1. The number of rotatable bonds is 8. The van der Waals surface area contributed by atoms with Crippen LogP contribution in [0.25, 0.3) is 0 Å². The van der Waals surface area contributed by atoms with Gasteiger partial charge in [-0.2, -0.15) is 0 Å². The van der Waals surface area contributed by atoms with Crippen molar-refractivity contribution in [1.29, 1.82) is 0 Å². The van der Waals surface area contributed by atoms with E-state index in [1.54, 1.807) is 7.05 Å². The topological polar surface area (TPSA) is 65.1 Å². The molecule has 1 atom stereocenters. The van der Waals surface area contributed by atoms with Crippen LogP contribution in [0, 0.1) is 0 Å². The molecular weight excluding hydrogens is 382 g/mol. The Kier molecular flexibility index (Phi) is 7.70. The first-order valence-electron chi connectivity index (χ1n) is 8.87. The third-order valence-electron chi connectivity index (χ3n) is 4.34. The number of methoxy groups -OCH3 is 1. The minimum atomic E-state index is -0.669. The number of hydrogen-bond donors (Lipinski definition) is 0. The Morgan fingerprint density at radius 1 is 1.18 bits per heavy atom. The van der Waals surface area contributed by atoms with Gasteiger partial charge in [0.25, 0.3) is 5.91 Å². The Morgan fingerprint density at radius 2 is 1.86 bits per heavy atom. The average molecular weight is 406 g/mol. The molecule has 1 amide bonds. The Balaban J connectivity index is 2.03. The van der Waals surface area contributed by atoms with Crippen LogP contribution in [0.2, 0.25) is 5.02 Å². The zero-order valence-electron chi connectivity index (χ0n) is 16.4. The summed E-state index contributed by atoms with van der Waals surface area (Å²) in [4.78, 5) is 26.3. The number of benzene rings is 2. The maximum atomic E-state index is 12.4. The van der Waals surface area contributed by atoms with Gasteiger partial charge in [-0.15, -0.1) is 0 Å². The first-order valence-corrected chi connectivity index (χ1v) is 9.24. The predicted octanol–water partition coefficient (Wildman–Crippen LogP) is 4.12. The molecule has 0 N–H and O–H groups in total. The molecule has 0 saturated carbocycles. The third kappa shape index (κ3) is 5.16. The lowest BCUT2D eigenvalue weighted by molar-refractivity contribution is -0.135. The summed E-state index contributed by atoms with van der Waals surface area (Å²) in [5.41, 5.74) is 1.17. The monoisotopic (exact) mass is 405 g/mol. The molecular formula is C21H24ClNO5. The minimum Gasteiger partial charge on any atom is -0.493 e. The molecule has 0 aliphatic heterocycles. The van der Waals surface area contributed by atoms with Gasteiger partial charge in [0.2, 0.25) is 0 Å². The number of carbonyl (C=O) groups excluding carboxylic acids is 2. The van der Waals surface area contributed by atoms with Crippen LogP contribution < -0.4 is 9.47 Å². The van der Waals surface area contributed by atoms with Crippen LogP contribution in [-0.4, -0.2) is 44.1 Å². The quantitative estimate of drug-likeness (QED) is 0.618. The summed E-state index contributed by atoms with van der Waals surface area (Å²) in [6.07, 6.45) is 0. The SMILES string of the molecule is CCOc1c(Cl)cc(C(=O)OCC(=O)N(C)[C@H](C)c2ccccc2)cc1OC. The fourth-order valence-corrected chi connectivity index (χ4v) is 2.87. The summed E-state index contributed by atoms with van der Waals surface area (Å²) in [5.74, 6) is -0.302. The minimum absolute atomic E-state index is 0.146. The van der Waals surface area contributed by atoms with Gasteiger partial charge in [-0.1, -0.05) is 41.9 Å². The molecule has 2 aromatic rings. The molecule has 2 rings (SSSR count). The highest BCUT2D eigenvalue weighted by Gasteiger charge is 2.21. The van der Waals surface area contributed by atoms with Crippen LogP contribution in [0.3, 0.4) is 0 Å². The Hall–Kier alpha value is -2.73. The second-order valence-electron chi connectivity index (χ2n) is 6.09. The van der Waals surface area contributed by atoms with Gasteiger partial charge < -0.3 is 19.1 Å². The highest BCUT2D eigenvalue weighted by Crippen LogP contribution is 2.36. The highest BCUT2D eigenvalue weighted by molar-refractivity contribution is 6.32. The number of hydrogen-bond acceptors (Lipinski definition) is 5. The normalized spacial score (nSPS) is 11.5. The second-order valence-corrected chi connectivity index (χ2v) is 6.50. The summed E-state index contributed by atoms with van der Waals surface area (Å²) in [7, 11) is 3.12. The Labute approximate surface area is 169 Å². The number of nitrogens with zero attached hydrogens (tertiary/aromatic N) is 1. The molecule has 0 saturated heterocycles. The van der Waals surface area contributed by atoms with E-state index in [2.05, 4.69) is 0 Å². The third-order valence-corrected chi connectivity index (χ3v) is 4.62. The van der Waals surface area contributed by atoms with Gasteiger partial charge in [0.15, 0.2) is 18.1 Å². The number of halogens is 1. The van der Waals surface area contributed by atoms with E-state index in [0.29, 0.717) is 18.1 Å². The van der Waals surface area contributed by atoms with Gasteiger partial charge in [0.05, 0.1) is 30.3 Å². The molecule has 0 aromatic heterocycles. The molecule has 28 heavy (non-hydrogen) atoms. The molecule has 0 fully saturated rings. The van der Waals surface area contributed by atoms with Gasteiger partial charge in [0.1, 0.15) is 0 Å². The van der Waals surface area contributed by atoms with E-state index >= 15 is 0 Å². The van der Waals surface area contributed by atoms with Crippen molar-refractivity contribution in [2.24, 2.45) is 0 Å². The van der Waals surface area contributed by atoms with E-state index in [-0.39, 0.29) is 29.1 Å². The molecule has 6 nitrogen and oxygen atoms in total. The molecule has 150 valence electrons. The molecule has 0 aliphatic rings. The standard InChI is InChI=1S/C21H24ClNO5/c1-5-27-20-17(22)11-16(12-18(20)26-4)21(25)28-13-19(24)23(3)14(2)15-9-7-6-8-10-15/h6-12,14H,5,13H2,1-4H3/t14-/m1/s1. The van der Waals surface area contributed by atoms with Crippen molar-refractivity contribution in [2.75, 3.05) is 27.4 Å². The highest BCUT2D eigenvalue weighted by atomic mass is 35.5. The van der Waals surface area contributed by atoms with Gasteiger partial charge in [-0.05, 0) is 31.5 Å².